The first-order chi connectivity index (χ1) is 9.65. The molecular formula is C15H19ClLiNO3. The van der Waals surface area contributed by atoms with Crippen LogP contribution in [0.5, 0.6) is 5.75 Å². The quantitative estimate of drug-likeness (QED) is 0.625. The van der Waals surface area contributed by atoms with Crippen molar-refractivity contribution in [1.29, 1.82) is 0 Å². The van der Waals surface area contributed by atoms with Gasteiger partial charge < -0.3 is 14.8 Å². The van der Waals surface area contributed by atoms with Gasteiger partial charge >= 0.3 is 24.8 Å². The summed E-state index contributed by atoms with van der Waals surface area (Å²) in [5.41, 5.74) is 1.01. The first-order valence-corrected chi connectivity index (χ1v) is 7.20. The number of nitrogens with zero attached hydrogens (tertiary/aromatic N) is 1. The van der Waals surface area contributed by atoms with Gasteiger partial charge in [0.25, 0.3) is 0 Å². The van der Waals surface area contributed by atoms with E-state index < -0.39 is 5.97 Å². The molecule has 0 bridgehead atoms. The molecule has 4 nitrogen and oxygen atoms in total. The number of halogens is 1. The second-order valence-electron chi connectivity index (χ2n) is 4.92. The molecule has 0 radical (unpaired) electrons. The van der Waals surface area contributed by atoms with Crippen molar-refractivity contribution in [2.24, 2.45) is 0 Å². The van der Waals surface area contributed by atoms with Crippen LogP contribution in [0, 0.1) is 0 Å². The molecule has 0 amide bonds. The van der Waals surface area contributed by atoms with Crippen molar-refractivity contribution in [3.05, 3.63) is 28.0 Å². The van der Waals surface area contributed by atoms with Crippen LogP contribution in [0.25, 0.3) is 5.32 Å². The van der Waals surface area contributed by atoms with E-state index in [4.69, 9.17) is 21.1 Å². The van der Waals surface area contributed by atoms with E-state index in [0.717, 1.165) is 12.8 Å². The number of hydrogen-bond donors (Lipinski definition) is 0. The fraction of sp³-hybridized carbons (Fsp3) is 0.533. The third-order valence-electron chi connectivity index (χ3n) is 3.57. The molecule has 1 saturated carbocycles. The van der Waals surface area contributed by atoms with Gasteiger partial charge in [-0.05, 0) is 12.1 Å². The van der Waals surface area contributed by atoms with E-state index in [9.17, 15) is 4.79 Å². The van der Waals surface area contributed by atoms with E-state index in [-0.39, 0.29) is 18.9 Å². The van der Waals surface area contributed by atoms with E-state index in [0.29, 0.717) is 28.1 Å². The van der Waals surface area contributed by atoms with Gasteiger partial charge in [0, 0.05) is 5.02 Å². The predicted octanol–water partition coefficient (Wildman–Crippen LogP) is 1.48. The van der Waals surface area contributed by atoms with E-state index in [2.05, 4.69) is 5.32 Å². The Kier molecular flexibility index (Phi) is 7.45. The van der Waals surface area contributed by atoms with Crippen LogP contribution in [0.3, 0.4) is 0 Å². The van der Waals surface area contributed by atoms with E-state index in [1.165, 1.54) is 33.5 Å². The van der Waals surface area contributed by atoms with Gasteiger partial charge in [0.2, 0.25) is 0 Å². The Labute approximate surface area is 142 Å². The van der Waals surface area contributed by atoms with Crippen LogP contribution in [0.15, 0.2) is 12.1 Å². The minimum absolute atomic E-state index is 0. The largest absolute Gasteiger partial charge is 1.00 e. The molecule has 110 valence electrons. The number of carbonyl (C=O) groups is 1. The summed E-state index contributed by atoms with van der Waals surface area (Å²) in [6, 6.07) is 3.59. The van der Waals surface area contributed by atoms with Gasteiger partial charge in [0.1, 0.15) is 11.3 Å². The second-order valence-corrected chi connectivity index (χ2v) is 5.32. The summed E-state index contributed by atoms with van der Waals surface area (Å²) in [4.78, 5) is 11.7. The zero-order valence-corrected chi connectivity index (χ0v) is 13.6. The maximum absolute atomic E-state index is 11.7. The van der Waals surface area contributed by atoms with Crippen LogP contribution < -0.4 is 23.6 Å². The minimum Gasteiger partial charge on any atom is -0.680 e. The molecule has 0 unspecified atom stereocenters. The third-order valence-corrected chi connectivity index (χ3v) is 3.87. The number of rotatable bonds is 4. The average molecular weight is 304 g/mol. The molecule has 1 aliphatic rings. The predicted molar refractivity (Wildman–Crippen MR) is 79.2 cm³/mol. The fourth-order valence-electron chi connectivity index (χ4n) is 2.49. The van der Waals surface area contributed by atoms with Crippen molar-refractivity contribution < 1.29 is 33.1 Å². The summed E-state index contributed by atoms with van der Waals surface area (Å²) in [5.74, 6) is -0.0243. The van der Waals surface area contributed by atoms with Gasteiger partial charge in [-0.2, -0.15) is 0 Å². The van der Waals surface area contributed by atoms with Gasteiger partial charge in [-0.25, -0.2) is 4.79 Å². The molecule has 1 fully saturated rings. The van der Waals surface area contributed by atoms with Crippen LogP contribution >= 0.6 is 11.6 Å². The van der Waals surface area contributed by atoms with Crippen molar-refractivity contribution in [2.45, 2.75) is 38.1 Å². The molecule has 0 aromatic heterocycles. The monoisotopic (exact) mass is 303 g/mol. The molecule has 1 aromatic carbocycles. The summed E-state index contributed by atoms with van der Waals surface area (Å²) < 4.78 is 9.95. The van der Waals surface area contributed by atoms with Gasteiger partial charge in [0.15, 0.2) is 0 Å². The van der Waals surface area contributed by atoms with Gasteiger partial charge in [0.05, 0.1) is 14.2 Å². The molecular weight excluding hydrogens is 285 g/mol. The normalized spacial score (nSPS) is 15.0. The molecule has 0 N–H and O–H groups in total. The molecule has 0 aliphatic heterocycles. The molecule has 1 aliphatic carbocycles. The smallest absolute Gasteiger partial charge is 0.680 e. The first-order valence-electron chi connectivity index (χ1n) is 6.82. The van der Waals surface area contributed by atoms with Gasteiger partial charge in [-0.15, -0.1) is 11.7 Å². The van der Waals surface area contributed by atoms with E-state index >= 15 is 0 Å². The van der Waals surface area contributed by atoms with Crippen LogP contribution in [0.2, 0.25) is 5.02 Å². The van der Waals surface area contributed by atoms with Crippen LogP contribution in [0.4, 0.5) is 5.69 Å². The number of hydrogen-bond acceptors (Lipinski definition) is 3. The summed E-state index contributed by atoms with van der Waals surface area (Å²) in [6.07, 6.45) is 5.89. The Balaban J connectivity index is 0.00000220. The second kappa shape index (κ2) is 8.58. The topological polar surface area (TPSA) is 49.6 Å². The molecule has 0 atom stereocenters. The number of esters is 1. The number of ether oxygens (including phenoxy) is 2. The molecule has 0 heterocycles. The van der Waals surface area contributed by atoms with E-state index in [1.54, 1.807) is 12.1 Å². The molecule has 0 saturated heterocycles. The van der Waals surface area contributed by atoms with Crippen molar-refractivity contribution >= 4 is 23.3 Å². The minimum atomic E-state index is -0.465. The summed E-state index contributed by atoms with van der Waals surface area (Å²) >= 11 is 6.22. The molecule has 6 heteroatoms. The number of benzene rings is 1. The zero-order valence-electron chi connectivity index (χ0n) is 12.8. The molecule has 1 aromatic rings. The Hall–Kier alpha value is -0.823. The maximum Gasteiger partial charge on any atom is 1.00 e. The van der Waals surface area contributed by atoms with Gasteiger partial charge in [-0.1, -0.05) is 43.7 Å². The summed E-state index contributed by atoms with van der Waals surface area (Å²) in [5, 5.41) is 5.14. The number of carbonyl (C=O) groups excluding carboxylic acids is 1. The average Bonchev–Trinajstić information content (AvgIpc) is 2.49. The number of methoxy groups -OCH3 is 2. The Morgan fingerprint density at radius 2 is 1.90 bits per heavy atom. The zero-order chi connectivity index (χ0) is 14.5. The Morgan fingerprint density at radius 3 is 2.48 bits per heavy atom. The van der Waals surface area contributed by atoms with Crippen LogP contribution in [-0.2, 0) is 4.74 Å². The Bertz CT molecular complexity index is 490. The van der Waals surface area contributed by atoms with Crippen molar-refractivity contribution in [3.8, 4) is 5.75 Å². The summed E-state index contributed by atoms with van der Waals surface area (Å²) in [7, 11) is 2.84. The maximum atomic E-state index is 11.7. The molecule has 2 rings (SSSR count). The third kappa shape index (κ3) is 4.57. The Morgan fingerprint density at radius 1 is 1.24 bits per heavy atom. The van der Waals surface area contributed by atoms with Crippen molar-refractivity contribution in [2.75, 3.05) is 14.2 Å². The van der Waals surface area contributed by atoms with Crippen molar-refractivity contribution in [3.63, 3.8) is 0 Å². The van der Waals surface area contributed by atoms with Gasteiger partial charge in [-0.3, -0.25) is 0 Å². The van der Waals surface area contributed by atoms with E-state index in [1.807, 2.05) is 0 Å². The van der Waals surface area contributed by atoms with Crippen LogP contribution in [0.1, 0.15) is 42.5 Å². The molecule has 21 heavy (non-hydrogen) atoms. The molecule has 0 spiro atoms. The fourth-order valence-corrected chi connectivity index (χ4v) is 2.70. The first kappa shape index (κ1) is 18.2. The van der Waals surface area contributed by atoms with Crippen LogP contribution in [-0.4, -0.2) is 26.2 Å². The standard InChI is InChI=1S/C15H20ClNO3.Li/c1-19-14-9-13(17-10-6-4-3-5-7-10)12(16)8-11(14)15(18)20-2;/h8-10H,3-7H2,1-2H3,(H,17,18);/q;+1/p-1. The SMILES string of the molecule is COC(=O)c1cc(Cl)c([N-]C2CCCCC2)cc1OC.[Li+]. The van der Waals surface area contributed by atoms with Crippen molar-refractivity contribution in [1.82, 2.24) is 0 Å². The summed E-state index contributed by atoms with van der Waals surface area (Å²) in [6.45, 7) is 0.